The summed E-state index contributed by atoms with van der Waals surface area (Å²) in [6.45, 7) is 4.66. The largest absolute Gasteiger partial charge is 0.464 e. The van der Waals surface area contributed by atoms with Crippen molar-refractivity contribution in [3.05, 3.63) is 0 Å². The number of nitrogens with zero attached hydrogens (tertiary/aromatic N) is 1. The molecular formula is C13H21NO4. The third kappa shape index (κ3) is 1.95. The van der Waals surface area contributed by atoms with Crippen molar-refractivity contribution in [2.24, 2.45) is 0 Å². The number of amides is 1. The maximum Gasteiger partial charge on any atom is 0.411 e. The van der Waals surface area contributed by atoms with E-state index in [0.29, 0.717) is 19.6 Å². The highest BCUT2D eigenvalue weighted by molar-refractivity contribution is 5.94. The Labute approximate surface area is 107 Å². The zero-order valence-corrected chi connectivity index (χ0v) is 11.1. The molecule has 5 heteroatoms. The second-order valence-electron chi connectivity index (χ2n) is 4.89. The molecule has 0 aliphatic carbocycles. The average molecular weight is 255 g/mol. The number of esters is 1. The van der Waals surface area contributed by atoms with E-state index in [0.717, 1.165) is 25.7 Å². The zero-order chi connectivity index (χ0) is 13.2. The smallest absolute Gasteiger partial charge is 0.411 e. The minimum Gasteiger partial charge on any atom is -0.464 e. The fourth-order valence-electron chi connectivity index (χ4n) is 2.88. The molecule has 1 spiro atoms. The fourth-order valence-corrected chi connectivity index (χ4v) is 2.88. The maximum absolute atomic E-state index is 11.9. The van der Waals surface area contributed by atoms with Crippen molar-refractivity contribution in [2.75, 3.05) is 13.2 Å². The standard InChI is InChI=1S/C13H21NO4/c1-3-5-6-7-10-13(8-9-18-11(13)15)14(10)12(16)17-4-2/h10H,3-9H2,1-2H3/t10-,13+,14?/m1/s1. The molecule has 0 aromatic heterocycles. The van der Waals surface area contributed by atoms with Crippen LogP contribution in [0.4, 0.5) is 4.79 Å². The lowest BCUT2D eigenvalue weighted by atomic mass is 9.99. The molecule has 2 fully saturated rings. The van der Waals surface area contributed by atoms with Crippen LogP contribution < -0.4 is 0 Å². The third-order valence-corrected chi connectivity index (χ3v) is 3.84. The summed E-state index contributed by atoms with van der Waals surface area (Å²) in [4.78, 5) is 25.3. The molecule has 0 N–H and O–H groups in total. The van der Waals surface area contributed by atoms with Crippen LogP contribution >= 0.6 is 0 Å². The van der Waals surface area contributed by atoms with Gasteiger partial charge in [-0.05, 0) is 13.3 Å². The van der Waals surface area contributed by atoms with E-state index in [-0.39, 0.29) is 18.1 Å². The van der Waals surface area contributed by atoms with E-state index in [9.17, 15) is 9.59 Å². The monoisotopic (exact) mass is 255 g/mol. The fraction of sp³-hybridized carbons (Fsp3) is 0.846. The van der Waals surface area contributed by atoms with E-state index in [1.807, 2.05) is 0 Å². The van der Waals surface area contributed by atoms with Gasteiger partial charge in [-0.25, -0.2) is 9.59 Å². The SMILES string of the molecule is CCCCC[C@H]1N(C(=O)OCC)[C@@]12CCOC2=O. The second kappa shape index (κ2) is 5.16. The van der Waals surface area contributed by atoms with Gasteiger partial charge in [0.05, 0.1) is 19.3 Å². The molecule has 5 nitrogen and oxygen atoms in total. The average Bonchev–Trinajstić information content (AvgIpc) is 2.83. The molecule has 2 rings (SSSR count). The first-order valence-corrected chi connectivity index (χ1v) is 6.81. The minimum absolute atomic E-state index is 0.0156. The molecule has 0 saturated carbocycles. The van der Waals surface area contributed by atoms with Crippen molar-refractivity contribution in [1.82, 2.24) is 4.90 Å². The van der Waals surface area contributed by atoms with Gasteiger partial charge in [0.2, 0.25) is 0 Å². The Kier molecular flexibility index (Phi) is 3.78. The van der Waals surface area contributed by atoms with Crippen molar-refractivity contribution in [3.8, 4) is 0 Å². The number of cyclic esters (lactones) is 1. The quantitative estimate of drug-likeness (QED) is 0.429. The molecule has 0 bridgehead atoms. The molecule has 102 valence electrons. The van der Waals surface area contributed by atoms with E-state index >= 15 is 0 Å². The summed E-state index contributed by atoms with van der Waals surface area (Å²) in [5, 5.41) is 0. The van der Waals surface area contributed by atoms with E-state index in [2.05, 4.69) is 6.92 Å². The summed E-state index contributed by atoms with van der Waals surface area (Å²) in [5.74, 6) is -0.253. The molecule has 0 radical (unpaired) electrons. The van der Waals surface area contributed by atoms with Gasteiger partial charge in [-0.1, -0.05) is 26.2 Å². The predicted molar refractivity (Wildman–Crippen MR) is 65.1 cm³/mol. The Hall–Kier alpha value is -1.26. The van der Waals surface area contributed by atoms with E-state index in [1.54, 1.807) is 11.8 Å². The molecule has 0 unspecified atom stereocenters. The van der Waals surface area contributed by atoms with Crippen LogP contribution in [0.25, 0.3) is 0 Å². The van der Waals surface area contributed by atoms with E-state index in [1.165, 1.54) is 0 Å². The Balaban J connectivity index is 2.02. The van der Waals surface area contributed by atoms with Gasteiger partial charge < -0.3 is 9.47 Å². The zero-order valence-electron chi connectivity index (χ0n) is 11.1. The van der Waals surface area contributed by atoms with Crippen LogP contribution in [0, 0.1) is 0 Å². The van der Waals surface area contributed by atoms with Crippen LogP contribution in [0.3, 0.4) is 0 Å². The Bertz CT molecular complexity index is 344. The van der Waals surface area contributed by atoms with Crippen molar-refractivity contribution in [3.63, 3.8) is 0 Å². The maximum atomic E-state index is 11.9. The highest BCUT2D eigenvalue weighted by atomic mass is 16.6. The Morgan fingerprint density at radius 2 is 2.28 bits per heavy atom. The summed E-state index contributed by atoms with van der Waals surface area (Å²) in [5.41, 5.74) is -0.694. The van der Waals surface area contributed by atoms with Crippen LogP contribution in [0.2, 0.25) is 0 Å². The van der Waals surface area contributed by atoms with E-state index in [4.69, 9.17) is 9.47 Å². The molecule has 0 aromatic carbocycles. The lowest BCUT2D eigenvalue weighted by molar-refractivity contribution is -0.140. The highest BCUT2D eigenvalue weighted by Crippen LogP contribution is 2.50. The topological polar surface area (TPSA) is 55.6 Å². The van der Waals surface area contributed by atoms with Crippen molar-refractivity contribution in [1.29, 1.82) is 0 Å². The number of unbranched alkanes of at least 4 members (excludes halogenated alkanes) is 2. The van der Waals surface area contributed by atoms with Gasteiger partial charge in [-0.15, -0.1) is 0 Å². The summed E-state index contributed by atoms with van der Waals surface area (Å²) in [7, 11) is 0. The summed E-state index contributed by atoms with van der Waals surface area (Å²) in [6.07, 6.45) is 4.38. The van der Waals surface area contributed by atoms with Crippen molar-refractivity contribution < 1.29 is 19.1 Å². The highest BCUT2D eigenvalue weighted by Gasteiger charge is 2.73. The van der Waals surface area contributed by atoms with Gasteiger partial charge in [-0.3, -0.25) is 4.90 Å². The summed E-state index contributed by atoms with van der Waals surface area (Å²) < 4.78 is 10.1. The molecule has 2 heterocycles. The third-order valence-electron chi connectivity index (χ3n) is 3.84. The number of ether oxygens (including phenoxy) is 2. The number of rotatable bonds is 5. The van der Waals surface area contributed by atoms with Gasteiger partial charge >= 0.3 is 12.1 Å². The number of carbonyl (C=O) groups is 2. The Morgan fingerprint density at radius 3 is 2.83 bits per heavy atom. The van der Waals surface area contributed by atoms with Crippen LogP contribution in [0.5, 0.6) is 0 Å². The molecule has 1 amide bonds. The lowest BCUT2D eigenvalue weighted by Crippen LogP contribution is -2.28. The molecule has 0 aromatic rings. The summed E-state index contributed by atoms with van der Waals surface area (Å²) >= 11 is 0. The second-order valence-corrected chi connectivity index (χ2v) is 4.89. The van der Waals surface area contributed by atoms with Crippen molar-refractivity contribution >= 4 is 12.1 Å². The molecule has 2 aliphatic rings. The molecular weight excluding hydrogens is 234 g/mol. The molecule has 18 heavy (non-hydrogen) atoms. The first-order valence-electron chi connectivity index (χ1n) is 6.81. The van der Waals surface area contributed by atoms with E-state index < -0.39 is 5.54 Å². The van der Waals surface area contributed by atoms with Gasteiger partial charge in [0.25, 0.3) is 0 Å². The molecule has 2 aliphatic heterocycles. The van der Waals surface area contributed by atoms with Gasteiger partial charge in [0.1, 0.15) is 0 Å². The molecule has 2 atom stereocenters. The first-order chi connectivity index (χ1) is 8.68. The summed E-state index contributed by atoms with van der Waals surface area (Å²) in [6, 6.07) is -0.0156. The number of hydrogen-bond donors (Lipinski definition) is 0. The van der Waals surface area contributed by atoms with Gasteiger partial charge in [-0.2, -0.15) is 0 Å². The van der Waals surface area contributed by atoms with Gasteiger partial charge in [0.15, 0.2) is 5.54 Å². The van der Waals surface area contributed by atoms with Crippen LogP contribution in [0.15, 0.2) is 0 Å². The van der Waals surface area contributed by atoms with Crippen LogP contribution in [0.1, 0.15) is 46.0 Å². The Morgan fingerprint density at radius 1 is 1.50 bits per heavy atom. The first kappa shape index (κ1) is 13.2. The number of carbonyl (C=O) groups excluding carboxylic acids is 2. The lowest BCUT2D eigenvalue weighted by Gasteiger charge is -2.06. The van der Waals surface area contributed by atoms with Crippen LogP contribution in [-0.4, -0.2) is 41.8 Å². The van der Waals surface area contributed by atoms with Crippen LogP contribution in [-0.2, 0) is 14.3 Å². The van der Waals surface area contributed by atoms with Crippen molar-refractivity contribution in [2.45, 2.75) is 57.5 Å². The predicted octanol–water partition coefficient (Wildman–Crippen LogP) is 2.09. The molecule has 2 saturated heterocycles. The minimum atomic E-state index is -0.694. The normalized spacial score (nSPS) is 29.6. The van der Waals surface area contributed by atoms with Gasteiger partial charge in [0, 0.05) is 6.42 Å². The number of hydrogen-bond acceptors (Lipinski definition) is 4.